The van der Waals surface area contributed by atoms with Gasteiger partial charge in [-0.25, -0.2) is 9.59 Å². The normalized spacial score (nSPS) is 14.5. The lowest BCUT2D eigenvalue weighted by Gasteiger charge is -2.29. The van der Waals surface area contributed by atoms with E-state index in [4.69, 9.17) is 49.0 Å². The molecule has 296 valence electrons. The van der Waals surface area contributed by atoms with E-state index in [9.17, 15) is 28.8 Å². The first-order valence-electron chi connectivity index (χ1n) is 17.2. The summed E-state index contributed by atoms with van der Waals surface area (Å²) in [5.41, 5.74) is -0.0604. The Morgan fingerprint density at radius 1 is 0.830 bits per heavy atom. The van der Waals surface area contributed by atoms with Gasteiger partial charge >= 0.3 is 18.0 Å². The third-order valence-electron chi connectivity index (χ3n) is 7.41. The zero-order valence-corrected chi connectivity index (χ0v) is 33.6. The van der Waals surface area contributed by atoms with E-state index >= 15 is 0 Å². The second-order valence-corrected chi connectivity index (χ2v) is 16.2. The monoisotopic (exact) mass is 802 g/mol. The van der Waals surface area contributed by atoms with Crippen molar-refractivity contribution in [2.75, 3.05) is 13.2 Å². The van der Waals surface area contributed by atoms with E-state index in [1.165, 1.54) is 13.0 Å². The fourth-order valence-corrected chi connectivity index (χ4v) is 4.77. The molecule has 0 aliphatic rings. The van der Waals surface area contributed by atoms with Crippen molar-refractivity contribution in [3.63, 3.8) is 0 Å². The highest BCUT2D eigenvalue weighted by molar-refractivity contribution is 6.67. The zero-order chi connectivity index (χ0) is 40.4. The Balaban J connectivity index is 3.27. The summed E-state index contributed by atoms with van der Waals surface area (Å²) in [6, 6.07) is 5.08. The molecule has 1 rings (SSSR count). The quantitative estimate of drug-likeness (QED) is 0.0593. The summed E-state index contributed by atoms with van der Waals surface area (Å²) >= 11 is 16.9. The molecular formula is C37H53Cl3N4O9. The van der Waals surface area contributed by atoms with Gasteiger partial charge in [0.25, 0.3) is 0 Å². The van der Waals surface area contributed by atoms with Crippen LogP contribution in [0.15, 0.2) is 55.1 Å². The van der Waals surface area contributed by atoms with Crippen LogP contribution in [-0.4, -0.2) is 82.5 Å². The number of benzene rings is 1. The molecule has 13 nitrogen and oxygen atoms in total. The Hall–Kier alpha value is -3.81. The average Bonchev–Trinajstić information content (AvgIpc) is 3.06. The number of ether oxygens (including phenoxy) is 3. The SMILES string of the molecule is C=CCOC(=O)[C@@H](C)NC(=O)[C@H](NC(=O)[C@@H](C)[C@@H](C/C=C\CCC(=O)OCC(Cl)(Cl)Cl)NC(=O)[C@@H](Cc1ccccc1)NC(=O)OC(C)(C)C)C(C)C. The van der Waals surface area contributed by atoms with Crippen molar-refractivity contribution in [1.82, 2.24) is 21.3 Å². The van der Waals surface area contributed by atoms with Crippen molar-refractivity contribution in [3.8, 4) is 0 Å². The molecule has 5 atom stereocenters. The van der Waals surface area contributed by atoms with Crippen LogP contribution in [0.1, 0.15) is 73.3 Å². The van der Waals surface area contributed by atoms with Crippen molar-refractivity contribution in [2.24, 2.45) is 11.8 Å². The molecule has 0 unspecified atom stereocenters. The first kappa shape index (κ1) is 47.2. The standard InChI is InChI=1S/C37H53Cl3N4O9/c1-9-20-51-34(49)25(5)41-33(48)30(23(2)3)44-31(46)24(4)27(18-14-11-15-19-29(45)52-22-37(38,39)40)42-32(47)28(21-26-16-12-10-13-17-26)43-35(50)53-36(6,7)8/h9-14,16-17,23-25,27-28,30H,1,15,18-22H2,2-8H3,(H,41,48)(H,42,47)(H,43,50)(H,44,46)/b14-11-/t24-,25+,27+,28+,30+/m0/s1. The Kier molecular flexibility index (Phi) is 20.6. The third kappa shape index (κ3) is 20.3. The van der Waals surface area contributed by atoms with E-state index < -0.39 is 81.8 Å². The molecule has 53 heavy (non-hydrogen) atoms. The van der Waals surface area contributed by atoms with Crippen molar-refractivity contribution in [3.05, 3.63) is 60.7 Å². The average molecular weight is 804 g/mol. The van der Waals surface area contributed by atoms with Gasteiger partial charge in [-0.15, -0.1) is 0 Å². The fraction of sp³-hybridized carbons (Fsp3) is 0.568. The molecule has 16 heteroatoms. The minimum Gasteiger partial charge on any atom is -0.461 e. The smallest absolute Gasteiger partial charge is 0.408 e. The van der Waals surface area contributed by atoms with Gasteiger partial charge in [0.15, 0.2) is 0 Å². The van der Waals surface area contributed by atoms with Gasteiger partial charge in [-0.2, -0.15) is 0 Å². The van der Waals surface area contributed by atoms with Gasteiger partial charge in [0, 0.05) is 18.9 Å². The van der Waals surface area contributed by atoms with Gasteiger partial charge in [-0.05, 0) is 52.0 Å². The molecule has 0 heterocycles. The fourth-order valence-electron chi connectivity index (χ4n) is 4.61. The molecular weight excluding hydrogens is 751 g/mol. The van der Waals surface area contributed by atoms with Gasteiger partial charge in [0.2, 0.25) is 21.5 Å². The molecule has 1 aromatic rings. The highest BCUT2D eigenvalue weighted by Gasteiger charge is 2.33. The summed E-state index contributed by atoms with van der Waals surface area (Å²) in [5.74, 6) is -4.30. The van der Waals surface area contributed by atoms with E-state index in [1.54, 1.807) is 65.8 Å². The third-order valence-corrected chi connectivity index (χ3v) is 7.73. The number of hydrogen-bond donors (Lipinski definition) is 4. The molecule has 0 saturated carbocycles. The molecule has 0 aliphatic heterocycles. The van der Waals surface area contributed by atoms with Gasteiger partial charge in [-0.3, -0.25) is 19.2 Å². The summed E-state index contributed by atoms with van der Waals surface area (Å²) in [6.45, 7) is 14.6. The van der Waals surface area contributed by atoms with Gasteiger partial charge in [0.05, 0.1) is 5.92 Å². The number of alkyl halides is 3. The first-order valence-corrected chi connectivity index (χ1v) is 18.4. The topological polar surface area (TPSA) is 178 Å². The molecule has 0 aliphatic carbocycles. The molecule has 0 aromatic heterocycles. The summed E-state index contributed by atoms with van der Waals surface area (Å²) < 4.78 is 13.6. The number of allylic oxidation sites excluding steroid dienone is 1. The summed E-state index contributed by atoms with van der Waals surface area (Å²) in [5, 5.41) is 10.9. The lowest BCUT2D eigenvalue weighted by molar-refractivity contribution is -0.146. The number of carbonyl (C=O) groups excluding carboxylic acids is 6. The van der Waals surface area contributed by atoms with Crippen LogP contribution in [0.4, 0.5) is 4.79 Å². The molecule has 0 saturated heterocycles. The number of rotatable bonds is 20. The Morgan fingerprint density at radius 3 is 2.04 bits per heavy atom. The predicted octanol–water partition coefficient (Wildman–Crippen LogP) is 5.26. The largest absolute Gasteiger partial charge is 0.461 e. The maximum Gasteiger partial charge on any atom is 0.408 e. The van der Waals surface area contributed by atoms with Crippen LogP contribution in [0.2, 0.25) is 0 Å². The zero-order valence-electron chi connectivity index (χ0n) is 31.3. The van der Waals surface area contributed by atoms with Crippen LogP contribution in [0, 0.1) is 11.8 Å². The van der Waals surface area contributed by atoms with Crippen molar-refractivity contribution in [2.45, 2.75) is 108 Å². The van der Waals surface area contributed by atoms with E-state index in [2.05, 4.69) is 27.8 Å². The number of esters is 2. The van der Waals surface area contributed by atoms with Crippen molar-refractivity contribution < 1.29 is 43.0 Å². The number of nitrogens with one attached hydrogen (secondary N) is 4. The summed E-state index contributed by atoms with van der Waals surface area (Å²) in [7, 11) is 0. The molecule has 0 bridgehead atoms. The van der Waals surface area contributed by atoms with Crippen LogP contribution in [0.5, 0.6) is 0 Å². The second kappa shape index (κ2) is 23.1. The maximum atomic E-state index is 13.9. The Bertz CT molecular complexity index is 1410. The van der Waals surface area contributed by atoms with E-state index in [0.29, 0.717) is 0 Å². The Labute approximate surface area is 327 Å². The number of alkyl carbamates (subject to hydrolysis) is 1. The van der Waals surface area contributed by atoms with Crippen LogP contribution in [-0.2, 0) is 44.6 Å². The van der Waals surface area contributed by atoms with Gasteiger partial charge in [0.1, 0.15) is 36.9 Å². The van der Waals surface area contributed by atoms with E-state index in [0.717, 1.165) is 5.56 Å². The second-order valence-electron chi connectivity index (χ2n) is 13.7. The van der Waals surface area contributed by atoms with E-state index in [-0.39, 0.29) is 38.2 Å². The van der Waals surface area contributed by atoms with Crippen LogP contribution < -0.4 is 21.3 Å². The van der Waals surface area contributed by atoms with E-state index in [1.807, 2.05) is 18.2 Å². The van der Waals surface area contributed by atoms with Crippen LogP contribution in [0.25, 0.3) is 0 Å². The number of hydrogen-bond acceptors (Lipinski definition) is 9. The van der Waals surface area contributed by atoms with Gasteiger partial charge < -0.3 is 35.5 Å². The van der Waals surface area contributed by atoms with Gasteiger partial charge in [-0.1, -0.05) is 111 Å². The van der Waals surface area contributed by atoms with Crippen LogP contribution in [0.3, 0.4) is 0 Å². The predicted molar refractivity (Wildman–Crippen MR) is 204 cm³/mol. The van der Waals surface area contributed by atoms with Crippen molar-refractivity contribution >= 4 is 70.6 Å². The van der Waals surface area contributed by atoms with Crippen LogP contribution >= 0.6 is 34.8 Å². The number of carbonyl (C=O) groups is 6. The minimum absolute atomic E-state index is 0.0198. The summed E-state index contributed by atoms with van der Waals surface area (Å²) in [4.78, 5) is 77.8. The molecule has 4 amide bonds. The molecule has 1 aromatic carbocycles. The molecule has 0 radical (unpaired) electrons. The summed E-state index contributed by atoms with van der Waals surface area (Å²) in [6.07, 6.45) is 4.44. The number of halogens is 3. The highest BCUT2D eigenvalue weighted by Crippen LogP contribution is 2.26. The number of amides is 4. The first-order chi connectivity index (χ1) is 24.6. The lowest BCUT2D eigenvalue weighted by Crippen LogP contribution is -2.57. The van der Waals surface area contributed by atoms with Crippen molar-refractivity contribution in [1.29, 1.82) is 0 Å². The maximum absolute atomic E-state index is 13.9. The minimum atomic E-state index is -1.74. The molecule has 4 N–H and O–H groups in total. The highest BCUT2D eigenvalue weighted by atomic mass is 35.6. The lowest BCUT2D eigenvalue weighted by atomic mass is 9.94. The Morgan fingerprint density at radius 2 is 1.47 bits per heavy atom. The molecule has 0 spiro atoms. The molecule has 0 fully saturated rings.